The van der Waals surface area contributed by atoms with E-state index in [4.69, 9.17) is 16.3 Å². The Balaban J connectivity index is 2.32. The molecule has 0 saturated heterocycles. The lowest BCUT2D eigenvalue weighted by Gasteiger charge is -2.07. The molecular weight excluding hydrogens is 258 g/mol. The molecule has 0 spiro atoms. The highest BCUT2D eigenvalue weighted by Crippen LogP contribution is 2.24. The molecule has 6 nitrogen and oxygen atoms in total. The number of halogens is 1. The van der Waals surface area contributed by atoms with Gasteiger partial charge in [-0.3, -0.25) is 4.98 Å². The Morgan fingerprint density at radius 1 is 1.28 bits per heavy atom. The topological polar surface area (TPSA) is 74.2 Å². The van der Waals surface area contributed by atoms with Crippen LogP contribution in [0.25, 0.3) is 0 Å². The molecule has 0 aliphatic carbocycles. The van der Waals surface area contributed by atoms with Crippen LogP contribution in [0.3, 0.4) is 0 Å². The highest BCUT2D eigenvalue weighted by atomic mass is 35.5. The van der Waals surface area contributed by atoms with E-state index in [-0.39, 0.29) is 11.4 Å². The van der Waals surface area contributed by atoms with Gasteiger partial charge in [0.05, 0.1) is 18.3 Å². The molecule has 0 unspecified atom stereocenters. The van der Waals surface area contributed by atoms with Crippen molar-refractivity contribution in [3.63, 3.8) is 0 Å². The summed E-state index contributed by atoms with van der Waals surface area (Å²) in [4.78, 5) is 22.9. The first-order valence-electron chi connectivity index (χ1n) is 4.87. The number of pyridine rings is 1. The zero-order valence-electron chi connectivity index (χ0n) is 9.33. The van der Waals surface area contributed by atoms with Gasteiger partial charge >= 0.3 is 5.97 Å². The lowest BCUT2D eigenvalue weighted by Crippen LogP contribution is -2.05. The van der Waals surface area contributed by atoms with Crippen LogP contribution in [0.15, 0.2) is 31.0 Å². The maximum Gasteiger partial charge on any atom is 0.345 e. The molecule has 0 fully saturated rings. The van der Waals surface area contributed by atoms with Gasteiger partial charge in [-0.05, 0) is 0 Å². The summed E-state index contributed by atoms with van der Waals surface area (Å²) in [5.74, 6) is -0.132. The van der Waals surface area contributed by atoms with Crippen molar-refractivity contribution in [2.75, 3.05) is 7.11 Å². The van der Waals surface area contributed by atoms with E-state index in [1.54, 1.807) is 6.07 Å². The smallest absolute Gasteiger partial charge is 0.345 e. The largest absolute Gasteiger partial charge is 0.465 e. The zero-order chi connectivity index (χ0) is 13.0. The fraction of sp³-hybridized carbons (Fsp3) is 0.0909. The highest BCUT2D eigenvalue weighted by Gasteiger charge is 2.15. The van der Waals surface area contributed by atoms with Crippen molar-refractivity contribution in [2.24, 2.45) is 0 Å². The fourth-order valence-corrected chi connectivity index (χ4v) is 1.37. The number of ether oxygens (including phenoxy) is 2. The number of esters is 1. The first-order chi connectivity index (χ1) is 8.70. The van der Waals surface area contributed by atoms with Gasteiger partial charge in [0.1, 0.15) is 17.6 Å². The van der Waals surface area contributed by atoms with Crippen molar-refractivity contribution in [1.29, 1.82) is 0 Å². The average Bonchev–Trinajstić information content (AvgIpc) is 2.38. The summed E-state index contributed by atoms with van der Waals surface area (Å²) in [7, 11) is 1.26. The second kappa shape index (κ2) is 5.42. The van der Waals surface area contributed by atoms with E-state index >= 15 is 0 Å². The van der Waals surface area contributed by atoms with Crippen LogP contribution >= 0.6 is 11.6 Å². The van der Waals surface area contributed by atoms with Gasteiger partial charge in [0.25, 0.3) is 0 Å². The van der Waals surface area contributed by atoms with E-state index in [0.717, 1.165) is 0 Å². The molecule has 2 rings (SSSR count). The van der Waals surface area contributed by atoms with Crippen LogP contribution in [0.4, 0.5) is 0 Å². The molecule has 2 aromatic rings. The molecule has 0 radical (unpaired) electrons. The Labute approximate surface area is 108 Å². The number of methoxy groups -OCH3 is 1. The third-order valence-corrected chi connectivity index (χ3v) is 2.18. The van der Waals surface area contributed by atoms with Gasteiger partial charge in [0.2, 0.25) is 5.88 Å². The van der Waals surface area contributed by atoms with Gasteiger partial charge in [-0.15, -0.1) is 0 Å². The van der Waals surface area contributed by atoms with Crippen LogP contribution in [0, 0.1) is 0 Å². The van der Waals surface area contributed by atoms with Crippen molar-refractivity contribution in [3.05, 3.63) is 41.6 Å². The van der Waals surface area contributed by atoms with E-state index in [0.29, 0.717) is 10.8 Å². The summed E-state index contributed by atoms with van der Waals surface area (Å²) in [6, 6.07) is 1.55. The van der Waals surface area contributed by atoms with Crippen LogP contribution in [0.2, 0.25) is 5.02 Å². The van der Waals surface area contributed by atoms with Crippen molar-refractivity contribution in [1.82, 2.24) is 15.0 Å². The van der Waals surface area contributed by atoms with E-state index in [1.807, 2.05) is 0 Å². The van der Waals surface area contributed by atoms with Crippen LogP contribution in [0.5, 0.6) is 11.6 Å². The van der Waals surface area contributed by atoms with Gasteiger partial charge in [-0.25, -0.2) is 14.8 Å². The fourth-order valence-electron chi connectivity index (χ4n) is 1.21. The molecular formula is C11H8ClN3O3. The van der Waals surface area contributed by atoms with Crippen LogP contribution in [-0.4, -0.2) is 28.0 Å². The number of carbonyl (C=O) groups excluding carboxylic acids is 1. The van der Waals surface area contributed by atoms with Crippen molar-refractivity contribution >= 4 is 17.6 Å². The number of aromatic nitrogens is 3. The molecule has 18 heavy (non-hydrogen) atoms. The van der Waals surface area contributed by atoms with Crippen LogP contribution in [-0.2, 0) is 4.74 Å². The zero-order valence-corrected chi connectivity index (χ0v) is 10.1. The Bertz CT molecular complexity index is 577. The molecule has 0 aliphatic heterocycles. The predicted molar refractivity (Wildman–Crippen MR) is 62.7 cm³/mol. The standard InChI is InChI=1S/C11H8ClN3O3/c1-17-11(16)9-5-14-6-15-10(9)18-8-2-7(12)3-13-4-8/h2-6H,1H3. The first kappa shape index (κ1) is 12.3. The number of nitrogens with zero attached hydrogens (tertiary/aromatic N) is 3. The number of hydrogen-bond donors (Lipinski definition) is 0. The predicted octanol–water partition coefficient (Wildman–Crippen LogP) is 2.10. The molecule has 7 heteroatoms. The van der Waals surface area contributed by atoms with Gasteiger partial charge in [-0.2, -0.15) is 0 Å². The summed E-state index contributed by atoms with van der Waals surface area (Å²) in [5.41, 5.74) is 0.125. The summed E-state index contributed by atoms with van der Waals surface area (Å²) < 4.78 is 10.0. The minimum absolute atomic E-state index is 0.0842. The molecule has 92 valence electrons. The molecule has 0 atom stereocenters. The number of hydrogen-bond acceptors (Lipinski definition) is 6. The van der Waals surface area contributed by atoms with E-state index in [1.165, 1.54) is 32.0 Å². The Hall–Kier alpha value is -2.21. The molecule has 2 aromatic heterocycles. The van der Waals surface area contributed by atoms with Gasteiger partial charge < -0.3 is 9.47 Å². The third kappa shape index (κ3) is 2.72. The summed E-state index contributed by atoms with van der Waals surface area (Å²) in [5, 5.41) is 0.418. The second-order valence-electron chi connectivity index (χ2n) is 3.17. The second-order valence-corrected chi connectivity index (χ2v) is 3.61. The lowest BCUT2D eigenvalue weighted by molar-refractivity contribution is 0.0596. The molecule has 0 bridgehead atoms. The Morgan fingerprint density at radius 2 is 2.11 bits per heavy atom. The van der Waals surface area contributed by atoms with Crippen molar-refractivity contribution in [3.8, 4) is 11.6 Å². The molecule has 0 aromatic carbocycles. The highest BCUT2D eigenvalue weighted by molar-refractivity contribution is 6.30. The number of rotatable bonds is 3. The summed E-state index contributed by atoms with van der Waals surface area (Å²) in [6.45, 7) is 0. The monoisotopic (exact) mass is 265 g/mol. The summed E-state index contributed by atoms with van der Waals surface area (Å²) >= 11 is 5.77. The summed E-state index contributed by atoms with van der Waals surface area (Å²) in [6.07, 6.45) is 5.50. The molecule has 0 amide bonds. The van der Waals surface area contributed by atoms with E-state index in [9.17, 15) is 4.79 Å². The lowest BCUT2D eigenvalue weighted by atomic mass is 10.3. The van der Waals surface area contributed by atoms with E-state index in [2.05, 4.69) is 19.7 Å². The van der Waals surface area contributed by atoms with Gasteiger partial charge in [-0.1, -0.05) is 11.6 Å². The molecule has 0 saturated carbocycles. The van der Waals surface area contributed by atoms with Gasteiger partial charge in [0, 0.05) is 18.5 Å². The maximum atomic E-state index is 11.5. The first-order valence-corrected chi connectivity index (χ1v) is 5.25. The number of carbonyl (C=O) groups is 1. The van der Waals surface area contributed by atoms with Crippen molar-refractivity contribution < 1.29 is 14.3 Å². The molecule has 2 heterocycles. The minimum atomic E-state index is -0.583. The van der Waals surface area contributed by atoms with Crippen LogP contribution in [0.1, 0.15) is 10.4 Å². The molecule has 0 aliphatic rings. The molecule has 0 N–H and O–H groups in total. The quantitative estimate of drug-likeness (QED) is 0.791. The minimum Gasteiger partial charge on any atom is -0.465 e. The maximum absolute atomic E-state index is 11.5. The third-order valence-electron chi connectivity index (χ3n) is 1.98. The SMILES string of the molecule is COC(=O)c1cncnc1Oc1cncc(Cl)c1. The van der Waals surface area contributed by atoms with Crippen LogP contribution < -0.4 is 4.74 Å². The average molecular weight is 266 g/mol. The Morgan fingerprint density at radius 3 is 2.83 bits per heavy atom. The van der Waals surface area contributed by atoms with E-state index < -0.39 is 5.97 Å². The normalized spacial score (nSPS) is 9.89. The van der Waals surface area contributed by atoms with Gasteiger partial charge in [0.15, 0.2) is 0 Å². The van der Waals surface area contributed by atoms with Crippen molar-refractivity contribution in [2.45, 2.75) is 0 Å². The Kier molecular flexibility index (Phi) is 3.69.